The first-order chi connectivity index (χ1) is 10.8. The fourth-order valence-corrected chi connectivity index (χ4v) is 4.18. The van der Waals surface area contributed by atoms with Gasteiger partial charge in [-0.3, -0.25) is 4.99 Å². The number of hydrogen-bond donors (Lipinski definition) is 1. The van der Waals surface area contributed by atoms with E-state index in [1.54, 1.807) is 18.1 Å². The molecule has 1 atom stereocenters. The van der Waals surface area contributed by atoms with Crippen molar-refractivity contribution in [2.45, 2.75) is 25.8 Å². The summed E-state index contributed by atoms with van der Waals surface area (Å²) in [6, 6.07) is 11.1. The molecule has 5 heteroatoms. The van der Waals surface area contributed by atoms with Gasteiger partial charge in [0.25, 0.3) is 0 Å². The Bertz CT molecular complexity index is 718. The van der Waals surface area contributed by atoms with Gasteiger partial charge in [-0.1, -0.05) is 42.1 Å². The Balaban J connectivity index is 1.57. The highest BCUT2D eigenvalue weighted by Crippen LogP contribution is 2.43. The molecule has 112 valence electrons. The molecule has 0 amide bonds. The zero-order valence-corrected chi connectivity index (χ0v) is 13.3. The van der Waals surface area contributed by atoms with E-state index in [0.29, 0.717) is 6.04 Å². The van der Waals surface area contributed by atoms with Crippen LogP contribution in [0.1, 0.15) is 24.6 Å². The molecule has 2 aliphatic heterocycles. The molecule has 0 saturated heterocycles. The van der Waals surface area contributed by atoms with E-state index in [1.165, 1.54) is 21.9 Å². The zero-order chi connectivity index (χ0) is 14.9. The number of amidine groups is 1. The number of aromatic nitrogens is 2. The molecule has 0 fully saturated rings. The summed E-state index contributed by atoms with van der Waals surface area (Å²) in [5.74, 6) is 0. The van der Waals surface area contributed by atoms with E-state index < -0.39 is 0 Å². The number of aryl methyl sites for hydroxylation is 1. The summed E-state index contributed by atoms with van der Waals surface area (Å²) >= 11 is 1.80. The quantitative estimate of drug-likeness (QED) is 0.939. The van der Waals surface area contributed by atoms with Crippen LogP contribution in [0.2, 0.25) is 0 Å². The van der Waals surface area contributed by atoms with Crippen LogP contribution in [0.4, 0.5) is 0 Å². The Labute approximate surface area is 134 Å². The highest BCUT2D eigenvalue weighted by Gasteiger charge is 2.37. The third-order valence-electron chi connectivity index (χ3n) is 4.18. The molecule has 4 rings (SSSR count). The molecule has 22 heavy (non-hydrogen) atoms. The van der Waals surface area contributed by atoms with Crippen molar-refractivity contribution >= 4 is 22.6 Å². The lowest BCUT2D eigenvalue weighted by molar-refractivity contribution is 0.435. The van der Waals surface area contributed by atoms with Gasteiger partial charge >= 0.3 is 0 Å². The number of imidazole rings is 1. The van der Waals surface area contributed by atoms with Crippen molar-refractivity contribution in [1.29, 1.82) is 0 Å². The summed E-state index contributed by atoms with van der Waals surface area (Å²) in [4.78, 5) is 15.8. The first kappa shape index (κ1) is 13.6. The van der Waals surface area contributed by atoms with Crippen LogP contribution in [0.15, 0.2) is 52.8 Å². The second kappa shape index (κ2) is 5.65. The molecule has 0 bridgehead atoms. The maximum Gasteiger partial charge on any atom is 0.168 e. The average molecular weight is 310 g/mol. The van der Waals surface area contributed by atoms with E-state index in [4.69, 9.17) is 4.99 Å². The largest absolute Gasteiger partial charge is 0.348 e. The van der Waals surface area contributed by atoms with Gasteiger partial charge in [-0.05, 0) is 25.3 Å². The minimum absolute atomic E-state index is 0.443. The van der Waals surface area contributed by atoms with Gasteiger partial charge in [0.15, 0.2) is 5.17 Å². The van der Waals surface area contributed by atoms with Crippen molar-refractivity contribution in [3.05, 3.63) is 59.0 Å². The maximum atomic E-state index is 4.74. The van der Waals surface area contributed by atoms with E-state index in [2.05, 4.69) is 52.1 Å². The minimum atomic E-state index is 0.443. The zero-order valence-electron chi connectivity index (χ0n) is 12.5. The Morgan fingerprint density at radius 3 is 2.95 bits per heavy atom. The lowest BCUT2D eigenvalue weighted by atomic mass is 10.1. The SMILES string of the molecule is CC1=C(c2ccccc2)N2C(=NC[C@H]2CCc2cnc[nH]2)S1. The van der Waals surface area contributed by atoms with Crippen molar-refractivity contribution in [2.24, 2.45) is 4.99 Å². The molecule has 0 radical (unpaired) electrons. The van der Waals surface area contributed by atoms with E-state index in [0.717, 1.165) is 24.6 Å². The van der Waals surface area contributed by atoms with Crippen LogP contribution in [-0.2, 0) is 6.42 Å². The maximum absolute atomic E-state index is 4.74. The molecule has 2 aromatic rings. The summed E-state index contributed by atoms with van der Waals surface area (Å²) in [5.41, 5.74) is 3.81. The number of allylic oxidation sites excluding steroid dienone is 1. The number of nitrogens with zero attached hydrogens (tertiary/aromatic N) is 3. The van der Waals surface area contributed by atoms with E-state index in [-0.39, 0.29) is 0 Å². The average Bonchev–Trinajstić information content (AvgIpc) is 3.23. The molecule has 2 aliphatic rings. The second-order valence-electron chi connectivity index (χ2n) is 5.64. The number of aliphatic imine (C=N–C) groups is 1. The summed E-state index contributed by atoms with van der Waals surface area (Å²) in [7, 11) is 0. The fraction of sp³-hybridized carbons (Fsp3) is 0.294. The van der Waals surface area contributed by atoms with Gasteiger partial charge in [0, 0.05) is 16.8 Å². The van der Waals surface area contributed by atoms with E-state index in [1.807, 2.05) is 6.20 Å². The summed E-state index contributed by atoms with van der Waals surface area (Å²) in [6.45, 7) is 3.08. The smallest absolute Gasteiger partial charge is 0.168 e. The van der Waals surface area contributed by atoms with Gasteiger partial charge < -0.3 is 9.88 Å². The third kappa shape index (κ3) is 2.35. The number of thioether (sulfide) groups is 1. The van der Waals surface area contributed by atoms with Gasteiger partial charge in [0.2, 0.25) is 0 Å². The van der Waals surface area contributed by atoms with Crippen LogP contribution in [0.25, 0.3) is 5.70 Å². The number of fused-ring (bicyclic) bond motifs is 1. The van der Waals surface area contributed by atoms with Crippen LogP contribution in [0.3, 0.4) is 0 Å². The van der Waals surface area contributed by atoms with Crippen LogP contribution >= 0.6 is 11.8 Å². The van der Waals surface area contributed by atoms with Gasteiger partial charge in [0.1, 0.15) is 0 Å². The van der Waals surface area contributed by atoms with Crippen molar-refractivity contribution in [2.75, 3.05) is 6.54 Å². The van der Waals surface area contributed by atoms with Crippen LogP contribution in [0.5, 0.6) is 0 Å². The lowest BCUT2D eigenvalue weighted by Crippen LogP contribution is -2.32. The van der Waals surface area contributed by atoms with Crippen molar-refractivity contribution in [1.82, 2.24) is 14.9 Å². The van der Waals surface area contributed by atoms with Crippen LogP contribution in [-0.4, -0.2) is 32.6 Å². The predicted octanol–water partition coefficient (Wildman–Crippen LogP) is 3.52. The summed E-state index contributed by atoms with van der Waals surface area (Å²) < 4.78 is 0. The standard InChI is InChI=1S/C17H18N4S/c1-12-16(13-5-3-2-4-6-13)21-15(10-19-17(21)22-12)8-7-14-9-18-11-20-14/h2-6,9,11,15H,7-8,10H2,1H3,(H,18,20)/t15-/m1/s1. The Hall–Kier alpha value is -2.01. The monoisotopic (exact) mass is 310 g/mol. The molecule has 3 heterocycles. The molecule has 0 unspecified atom stereocenters. The summed E-state index contributed by atoms with van der Waals surface area (Å²) in [5, 5.41) is 1.16. The van der Waals surface area contributed by atoms with Crippen molar-refractivity contribution in [3.8, 4) is 0 Å². The number of hydrogen-bond acceptors (Lipinski definition) is 4. The van der Waals surface area contributed by atoms with Crippen LogP contribution < -0.4 is 0 Å². The molecular formula is C17H18N4S. The van der Waals surface area contributed by atoms with Gasteiger partial charge in [-0.15, -0.1) is 0 Å². The number of rotatable bonds is 4. The van der Waals surface area contributed by atoms with Crippen LogP contribution in [0, 0.1) is 0 Å². The fourth-order valence-electron chi connectivity index (χ4n) is 3.11. The lowest BCUT2D eigenvalue weighted by Gasteiger charge is -2.26. The number of nitrogens with one attached hydrogen (secondary N) is 1. The molecule has 1 N–H and O–H groups in total. The molecule has 0 spiro atoms. The van der Waals surface area contributed by atoms with E-state index in [9.17, 15) is 0 Å². The van der Waals surface area contributed by atoms with Gasteiger partial charge in [0.05, 0.1) is 24.6 Å². The second-order valence-corrected chi connectivity index (χ2v) is 6.82. The molecule has 0 saturated carbocycles. The van der Waals surface area contributed by atoms with Crippen molar-refractivity contribution in [3.63, 3.8) is 0 Å². The summed E-state index contributed by atoms with van der Waals surface area (Å²) in [6.07, 6.45) is 5.75. The first-order valence-corrected chi connectivity index (χ1v) is 8.39. The normalized spacial score (nSPS) is 20.5. The highest BCUT2D eigenvalue weighted by atomic mass is 32.2. The number of benzene rings is 1. The van der Waals surface area contributed by atoms with Crippen molar-refractivity contribution < 1.29 is 0 Å². The molecule has 0 aliphatic carbocycles. The first-order valence-electron chi connectivity index (χ1n) is 7.58. The topological polar surface area (TPSA) is 44.3 Å². The molecular weight excluding hydrogens is 292 g/mol. The highest BCUT2D eigenvalue weighted by molar-refractivity contribution is 8.17. The van der Waals surface area contributed by atoms with Gasteiger partial charge in [-0.2, -0.15) is 0 Å². The Morgan fingerprint density at radius 2 is 2.18 bits per heavy atom. The molecule has 4 nitrogen and oxygen atoms in total. The number of aromatic amines is 1. The van der Waals surface area contributed by atoms with E-state index >= 15 is 0 Å². The van der Waals surface area contributed by atoms with Gasteiger partial charge in [-0.25, -0.2) is 4.98 Å². The minimum Gasteiger partial charge on any atom is -0.348 e. The Morgan fingerprint density at radius 1 is 1.32 bits per heavy atom. The predicted molar refractivity (Wildman–Crippen MR) is 91.5 cm³/mol. The number of H-pyrrole nitrogens is 1. The Kier molecular flexibility index (Phi) is 3.50. The molecule has 1 aromatic carbocycles. The molecule has 1 aromatic heterocycles. The third-order valence-corrected chi connectivity index (χ3v) is 5.18.